The molecule has 1 unspecified atom stereocenters. The van der Waals surface area contributed by atoms with Crippen molar-refractivity contribution in [1.82, 2.24) is 0 Å². The molecular formula is C12H16O2S. The highest BCUT2D eigenvalue weighted by Gasteiger charge is 2.36. The van der Waals surface area contributed by atoms with Gasteiger partial charge in [-0.2, -0.15) is 0 Å². The summed E-state index contributed by atoms with van der Waals surface area (Å²) in [6.07, 6.45) is 3.01. The Morgan fingerprint density at radius 2 is 2.33 bits per heavy atom. The van der Waals surface area contributed by atoms with Crippen molar-refractivity contribution < 1.29 is 9.53 Å². The van der Waals surface area contributed by atoms with Crippen molar-refractivity contribution in [3.8, 4) is 0 Å². The van der Waals surface area contributed by atoms with Gasteiger partial charge in [0.1, 0.15) is 5.60 Å². The largest absolute Gasteiger partial charge is 0.367 e. The smallest absolute Gasteiger partial charge is 0.195 e. The van der Waals surface area contributed by atoms with Gasteiger partial charge in [0.2, 0.25) is 0 Å². The van der Waals surface area contributed by atoms with Gasteiger partial charge in [-0.15, -0.1) is 11.3 Å². The van der Waals surface area contributed by atoms with E-state index in [9.17, 15) is 4.79 Å². The summed E-state index contributed by atoms with van der Waals surface area (Å²) in [5.41, 5.74) is 0.230. The number of hydrogen-bond acceptors (Lipinski definition) is 3. The van der Waals surface area contributed by atoms with Crippen LogP contribution in [-0.4, -0.2) is 18.0 Å². The predicted molar refractivity (Wildman–Crippen MR) is 61.6 cm³/mol. The van der Waals surface area contributed by atoms with E-state index in [4.69, 9.17) is 4.74 Å². The Bertz CT molecular complexity index is 361. The minimum Gasteiger partial charge on any atom is -0.367 e. The summed E-state index contributed by atoms with van der Waals surface area (Å²) < 4.78 is 5.65. The van der Waals surface area contributed by atoms with Crippen molar-refractivity contribution in [2.45, 2.75) is 38.7 Å². The third kappa shape index (κ3) is 2.13. The van der Waals surface area contributed by atoms with E-state index in [1.54, 1.807) is 11.3 Å². The van der Waals surface area contributed by atoms with Crippen LogP contribution in [0.25, 0.3) is 0 Å². The van der Waals surface area contributed by atoms with Gasteiger partial charge in [0.05, 0.1) is 0 Å². The fourth-order valence-electron chi connectivity index (χ4n) is 1.98. The first-order valence-electron chi connectivity index (χ1n) is 5.36. The first kappa shape index (κ1) is 10.8. The van der Waals surface area contributed by atoms with Gasteiger partial charge in [0.25, 0.3) is 0 Å². The van der Waals surface area contributed by atoms with Crippen LogP contribution in [0.5, 0.6) is 0 Å². The minimum atomic E-state index is -0.578. The molecule has 3 heteroatoms. The van der Waals surface area contributed by atoms with E-state index < -0.39 is 5.60 Å². The Morgan fingerprint density at radius 3 is 2.87 bits per heavy atom. The fourth-order valence-corrected chi connectivity index (χ4v) is 2.66. The van der Waals surface area contributed by atoms with Crippen molar-refractivity contribution in [1.29, 1.82) is 0 Å². The molecule has 1 aromatic rings. The maximum absolute atomic E-state index is 12.2. The Labute approximate surface area is 94.3 Å². The van der Waals surface area contributed by atoms with Crippen LogP contribution in [0.15, 0.2) is 11.4 Å². The molecule has 1 aromatic heterocycles. The van der Waals surface area contributed by atoms with Crippen LogP contribution in [0.2, 0.25) is 0 Å². The number of Topliss-reactive ketones (excluding diaryl/α,β-unsaturated/α-hetero) is 1. The highest BCUT2D eigenvalue weighted by Crippen LogP contribution is 2.29. The number of carbonyl (C=O) groups excluding carboxylic acids is 1. The fraction of sp³-hybridized carbons (Fsp3) is 0.583. The molecule has 0 aliphatic carbocycles. The molecule has 0 saturated carbocycles. The standard InChI is InChI=1S/C12H16O2S/c1-9-7-10(8-15-9)11(13)12(2)5-3-4-6-14-12/h7-8H,3-6H2,1-2H3. The van der Waals surface area contributed by atoms with Crippen LogP contribution in [0.3, 0.4) is 0 Å². The Hall–Kier alpha value is -0.670. The number of aryl methyl sites for hydroxylation is 1. The van der Waals surface area contributed by atoms with Crippen molar-refractivity contribution in [3.05, 3.63) is 21.9 Å². The molecule has 1 saturated heterocycles. The molecule has 1 atom stereocenters. The molecule has 0 aromatic carbocycles. The van der Waals surface area contributed by atoms with Crippen LogP contribution in [-0.2, 0) is 4.74 Å². The maximum Gasteiger partial charge on any atom is 0.195 e. The van der Waals surface area contributed by atoms with Crippen molar-refractivity contribution in [3.63, 3.8) is 0 Å². The molecule has 0 spiro atoms. The van der Waals surface area contributed by atoms with Gasteiger partial charge in [0, 0.05) is 22.4 Å². The lowest BCUT2D eigenvalue weighted by atomic mass is 9.89. The van der Waals surface area contributed by atoms with Gasteiger partial charge in [0.15, 0.2) is 5.78 Å². The minimum absolute atomic E-state index is 0.145. The van der Waals surface area contributed by atoms with Crippen molar-refractivity contribution in [2.75, 3.05) is 6.61 Å². The summed E-state index contributed by atoms with van der Waals surface area (Å²) in [7, 11) is 0. The molecule has 0 amide bonds. The zero-order valence-corrected chi connectivity index (χ0v) is 10.0. The van der Waals surface area contributed by atoms with Gasteiger partial charge in [-0.05, 0) is 39.2 Å². The summed E-state index contributed by atoms with van der Waals surface area (Å²) in [6.45, 7) is 4.65. The third-order valence-electron chi connectivity index (χ3n) is 2.94. The van der Waals surface area contributed by atoms with Crippen LogP contribution in [0.1, 0.15) is 41.4 Å². The molecule has 2 rings (SSSR count). The zero-order valence-electron chi connectivity index (χ0n) is 9.21. The van der Waals surface area contributed by atoms with E-state index in [0.29, 0.717) is 6.61 Å². The lowest BCUT2D eigenvalue weighted by Crippen LogP contribution is -2.41. The number of hydrogen-bond donors (Lipinski definition) is 0. The normalized spacial score (nSPS) is 26.5. The molecule has 1 aliphatic heterocycles. The van der Waals surface area contributed by atoms with Gasteiger partial charge >= 0.3 is 0 Å². The highest BCUT2D eigenvalue weighted by atomic mass is 32.1. The van der Waals surface area contributed by atoms with Crippen molar-refractivity contribution in [2.24, 2.45) is 0 Å². The van der Waals surface area contributed by atoms with Gasteiger partial charge < -0.3 is 4.74 Å². The first-order valence-corrected chi connectivity index (χ1v) is 6.24. The molecule has 15 heavy (non-hydrogen) atoms. The monoisotopic (exact) mass is 224 g/mol. The zero-order chi connectivity index (χ0) is 10.9. The van der Waals surface area contributed by atoms with Crippen LogP contribution in [0, 0.1) is 6.92 Å². The average molecular weight is 224 g/mol. The second kappa shape index (κ2) is 4.06. The summed E-state index contributed by atoms with van der Waals surface area (Å²) in [5, 5.41) is 1.93. The van der Waals surface area contributed by atoms with Gasteiger partial charge in [-0.25, -0.2) is 0 Å². The molecule has 2 heterocycles. The summed E-state index contributed by atoms with van der Waals surface area (Å²) in [5.74, 6) is 0.145. The lowest BCUT2D eigenvalue weighted by molar-refractivity contribution is -0.0425. The van der Waals surface area contributed by atoms with E-state index in [1.807, 2.05) is 25.3 Å². The molecule has 0 N–H and O–H groups in total. The highest BCUT2D eigenvalue weighted by molar-refractivity contribution is 7.10. The van der Waals surface area contributed by atoms with Crippen LogP contribution >= 0.6 is 11.3 Å². The molecular weight excluding hydrogens is 208 g/mol. The summed E-state index contributed by atoms with van der Waals surface area (Å²) in [4.78, 5) is 13.4. The second-order valence-corrected chi connectivity index (χ2v) is 5.43. The van der Waals surface area contributed by atoms with E-state index >= 15 is 0 Å². The average Bonchev–Trinajstić information content (AvgIpc) is 2.65. The summed E-state index contributed by atoms with van der Waals surface area (Å²) >= 11 is 1.62. The molecule has 2 nitrogen and oxygen atoms in total. The Morgan fingerprint density at radius 1 is 1.53 bits per heavy atom. The van der Waals surface area contributed by atoms with Gasteiger partial charge in [-0.1, -0.05) is 0 Å². The number of rotatable bonds is 2. The molecule has 1 fully saturated rings. The number of thiophene rings is 1. The SMILES string of the molecule is Cc1cc(C(=O)C2(C)CCCCO2)cs1. The summed E-state index contributed by atoms with van der Waals surface area (Å²) in [6, 6.07) is 1.95. The van der Waals surface area contributed by atoms with Crippen LogP contribution in [0.4, 0.5) is 0 Å². The van der Waals surface area contributed by atoms with E-state index in [2.05, 4.69) is 0 Å². The number of ketones is 1. The quantitative estimate of drug-likeness (QED) is 0.721. The van der Waals surface area contributed by atoms with Gasteiger partial charge in [-0.3, -0.25) is 4.79 Å². The van der Waals surface area contributed by atoms with E-state index in [-0.39, 0.29) is 5.78 Å². The van der Waals surface area contributed by atoms with E-state index in [1.165, 1.54) is 4.88 Å². The topological polar surface area (TPSA) is 26.3 Å². The molecule has 1 aliphatic rings. The van der Waals surface area contributed by atoms with Crippen molar-refractivity contribution >= 4 is 17.1 Å². The lowest BCUT2D eigenvalue weighted by Gasteiger charge is -2.32. The predicted octanol–water partition coefficient (Wildman–Crippen LogP) is 3.20. The number of ether oxygens (including phenoxy) is 1. The van der Waals surface area contributed by atoms with E-state index in [0.717, 1.165) is 24.8 Å². The number of carbonyl (C=O) groups is 1. The second-order valence-electron chi connectivity index (χ2n) is 4.31. The molecule has 0 bridgehead atoms. The Kier molecular flexibility index (Phi) is 2.94. The molecule has 0 radical (unpaired) electrons. The first-order chi connectivity index (χ1) is 7.12. The van der Waals surface area contributed by atoms with Crippen LogP contribution < -0.4 is 0 Å². The molecule has 82 valence electrons. The Balaban J connectivity index is 2.19. The maximum atomic E-state index is 12.2. The third-order valence-corrected chi connectivity index (χ3v) is 3.80.